The summed E-state index contributed by atoms with van der Waals surface area (Å²) in [6.45, 7) is 5.49. The Morgan fingerprint density at radius 3 is 1.97 bits per heavy atom. The maximum Gasteiger partial charge on any atom is 0.302 e. The van der Waals surface area contributed by atoms with Crippen LogP contribution in [0.3, 0.4) is 0 Å². The third-order valence-corrected chi connectivity index (χ3v) is 6.43. The van der Waals surface area contributed by atoms with Crippen LogP contribution in [0.15, 0.2) is 92.9 Å². The number of hydrogen-bond donors (Lipinski definition) is 0. The summed E-state index contributed by atoms with van der Waals surface area (Å²) in [7, 11) is 0. The quantitative estimate of drug-likeness (QED) is 0.254. The first-order chi connectivity index (χ1) is 18.3. The van der Waals surface area contributed by atoms with Gasteiger partial charge in [-0.25, -0.2) is 9.58 Å². The summed E-state index contributed by atoms with van der Waals surface area (Å²) in [5.74, 6) is -1.87. The number of anilines is 1. The molecule has 0 aliphatic carbocycles. The van der Waals surface area contributed by atoms with Crippen LogP contribution >= 0.6 is 11.6 Å². The van der Waals surface area contributed by atoms with Crippen LogP contribution in [-0.2, 0) is 0 Å². The third kappa shape index (κ3) is 4.46. The van der Waals surface area contributed by atoms with Gasteiger partial charge >= 0.3 is 11.8 Å². The van der Waals surface area contributed by atoms with E-state index < -0.39 is 17.2 Å². The number of nitrogens with zero attached hydrogens (tertiary/aromatic N) is 3. The molecule has 8 nitrogen and oxygen atoms in total. The average molecular weight is 528 g/mol. The second-order valence-corrected chi connectivity index (χ2v) is 9.14. The van der Waals surface area contributed by atoms with E-state index in [1.54, 1.807) is 37.3 Å². The highest BCUT2D eigenvalue weighted by Crippen LogP contribution is 2.33. The highest BCUT2D eigenvalue weighted by Gasteiger charge is 2.35. The number of halogens is 1. The molecule has 38 heavy (non-hydrogen) atoms. The number of amides is 2. The van der Waals surface area contributed by atoms with Crippen molar-refractivity contribution in [2.24, 2.45) is 0 Å². The number of carbonyl (C=O) groups is 2. The van der Waals surface area contributed by atoms with Crippen molar-refractivity contribution >= 4 is 29.2 Å². The van der Waals surface area contributed by atoms with Crippen LogP contribution in [0.2, 0.25) is 5.02 Å². The van der Waals surface area contributed by atoms with E-state index in [2.05, 4.69) is 5.10 Å². The molecule has 0 aliphatic rings. The number of aromatic nitrogens is 2. The molecule has 2 amide bonds. The molecule has 0 aliphatic heterocycles. The van der Waals surface area contributed by atoms with Crippen molar-refractivity contribution in [2.45, 2.75) is 20.8 Å². The molecule has 5 rings (SSSR count). The van der Waals surface area contributed by atoms with E-state index in [-0.39, 0.29) is 28.6 Å². The fourth-order valence-corrected chi connectivity index (χ4v) is 4.18. The van der Waals surface area contributed by atoms with Crippen LogP contribution in [0.1, 0.15) is 37.9 Å². The molecule has 0 saturated heterocycles. The first-order valence-corrected chi connectivity index (χ1v) is 12.1. The van der Waals surface area contributed by atoms with Crippen LogP contribution in [0.25, 0.3) is 16.8 Å². The number of furan rings is 2. The molecule has 2 aromatic carbocycles. The molecule has 9 heteroatoms. The molecule has 5 aromatic rings. The maximum absolute atomic E-state index is 13.9. The van der Waals surface area contributed by atoms with Gasteiger partial charge in [-0.2, -0.15) is 5.10 Å². The largest absolute Gasteiger partial charge is 0.459 e. The normalized spacial score (nSPS) is 10.9. The number of rotatable bonds is 5. The van der Waals surface area contributed by atoms with Gasteiger partial charge in [-0.05, 0) is 86.0 Å². The number of carbonyl (C=O) groups excluding carboxylic acids is 2. The van der Waals surface area contributed by atoms with E-state index in [1.807, 2.05) is 26.0 Å². The lowest BCUT2D eigenvalue weighted by Crippen LogP contribution is -2.41. The van der Waals surface area contributed by atoms with Crippen molar-refractivity contribution in [3.63, 3.8) is 0 Å². The molecular weight excluding hydrogens is 506 g/mol. The lowest BCUT2D eigenvalue weighted by molar-refractivity contribution is 0.0864. The number of aryl methyl sites for hydroxylation is 3. The first-order valence-electron chi connectivity index (χ1n) is 11.7. The van der Waals surface area contributed by atoms with Crippen molar-refractivity contribution in [3.8, 4) is 16.8 Å². The SMILES string of the molecule is Cc1ccc(-n2nc(C)c(=O)c(-c3ccc(Cl)cc3)c2N(C(=O)c2ccco2)C(=O)c2ccco2)cc1C. The second-order valence-electron chi connectivity index (χ2n) is 8.70. The Morgan fingerprint density at radius 1 is 0.842 bits per heavy atom. The van der Waals surface area contributed by atoms with Crippen molar-refractivity contribution in [1.82, 2.24) is 9.78 Å². The summed E-state index contributed by atoms with van der Waals surface area (Å²) in [6, 6.07) is 18.1. The number of imide groups is 1. The fourth-order valence-electron chi connectivity index (χ4n) is 4.06. The van der Waals surface area contributed by atoms with Gasteiger partial charge < -0.3 is 8.83 Å². The standard InChI is InChI=1S/C29H22ClN3O5/c1-17-8-13-22(16-18(17)2)33-27(25(26(34)19(3)31-33)20-9-11-21(30)12-10-20)32(28(35)23-6-4-14-37-23)29(36)24-7-5-15-38-24/h4-16H,1-3H3. The monoisotopic (exact) mass is 527 g/mol. The van der Waals surface area contributed by atoms with E-state index in [4.69, 9.17) is 20.4 Å². The van der Waals surface area contributed by atoms with Gasteiger partial charge in [-0.15, -0.1) is 0 Å². The zero-order valence-electron chi connectivity index (χ0n) is 20.8. The number of hydrogen-bond acceptors (Lipinski definition) is 6. The fraction of sp³-hybridized carbons (Fsp3) is 0.103. The van der Waals surface area contributed by atoms with Crippen molar-refractivity contribution in [2.75, 3.05) is 4.90 Å². The summed E-state index contributed by atoms with van der Waals surface area (Å²) < 4.78 is 12.1. The van der Waals surface area contributed by atoms with E-state index in [9.17, 15) is 14.4 Å². The summed E-state index contributed by atoms with van der Waals surface area (Å²) >= 11 is 6.13. The van der Waals surface area contributed by atoms with Crippen LogP contribution in [0.5, 0.6) is 0 Å². The van der Waals surface area contributed by atoms with Crippen LogP contribution < -0.4 is 10.3 Å². The summed E-state index contributed by atoms with van der Waals surface area (Å²) in [6.07, 6.45) is 2.65. The van der Waals surface area contributed by atoms with Gasteiger partial charge in [0.15, 0.2) is 17.3 Å². The van der Waals surface area contributed by atoms with E-state index in [0.29, 0.717) is 16.3 Å². The average Bonchev–Trinajstić information content (AvgIpc) is 3.63. The van der Waals surface area contributed by atoms with Gasteiger partial charge in [0.1, 0.15) is 5.69 Å². The molecule has 0 saturated carbocycles. The predicted octanol–water partition coefficient (Wildman–Crippen LogP) is 6.15. The van der Waals surface area contributed by atoms with Gasteiger partial charge in [0.2, 0.25) is 5.43 Å². The van der Waals surface area contributed by atoms with E-state index >= 15 is 0 Å². The zero-order valence-corrected chi connectivity index (χ0v) is 21.5. The third-order valence-electron chi connectivity index (χ3n) is 6.18. The minimum Gasteiger partial charge on any atom is -0.459 e. The highest BCUT2D eigenvalue weighted by atomic mass is 35.5. The number of benzene rings is 2. The molecule has 0 atom stereocenters. The zero-order chi connectivity index (χ0) is 27.0. The van der Waals surface area contributed by atoms with E-state index in [1.165, 1.54) is 41.5 Å². The lowest BCUT2D eigenvalue weighted by atomic mass is 10.0. The van der Waals surface area contributed by atoms with Crippen LogP contribution in [-0.4, -0.2) is 21.6 Å². The Balaban J connectivity index is 1.90. The molecule has 3 aromatic heterocycles. The molecular formula is C29H22ClN3O5. The van der Waals surface area contributed by atoms with Gasteiger partial charge in [-0.3, -0.25) is 14.4 Å². The highest BCUT2D eigenvalue weighted by molar-refractivity contribution is 6.30. The van der Waals surface area contributed by atoms with Gasteiger partial charge in [0.25, 0.3) is 0 Å². The topological polar surface area (TPSA) is 98.5 Å². The second kappa shape index (κ2) is 9.99. The molecule has 0 bridgehead atoms. The minimum atomic E-state index is -0.797. The van der Waals surface area contributed by atoms with E-state index in [0.717, 1.165) is 16.0 Å². The smallest absolute Gasteiger partial charge is 0.302 e. The summed E-state index contributed by atoms with van der Waals surface area (Å²) in [4.78, 5) is 42.3. The Morgan fingerprint density at radius 2 is 1.45 bits per heavy atom. The molecule has 0 unspecified atom stereocenters. The Kier molecular flexibility index (Phi) is 6.57. The summed E-state index contributed by atoms with van der Waals surface area (Å²) in [5, 5.41) is 5.00. The van der Waals surface area contributed by atoms with Gasteiger partial charge in [-0.1, -0.05) is 29.8 Å². The maximum atomic E-state index is 13.9. The lowest BCUT2D eigenvalue weighted by Gasteiger charge is -2.26. The molecule has 190 valence electrons. The molecule has 0 spiro atoms. The Bertz CT molecular complexity index is 1660. The first kappa shape index (κ1) is 25.0. The van der Waals surface area contributed by atoms with Crippen molar-refractivity contribution < 1.29 is 18.4 Å². The van der Waals surface area contributed by atoms with Gasteiger partial charge in [0, 0.05) is 5.02 Å². The van der Waals surface area contributed by atoms with Crippen LogP contribution in [0, 0.1) is 20.8 Å². The molecule has 0 N–H and O–H groups in total. The molecule has 3 heterocycles. The summed E-state index contributed by atoms with van der Waals surface area (Å²) in [5.41, 5.74) is 2.81. The predicted molar refractivity (Wildman–Crippen MR) is 143 cm³/mol. The Labute approximate surface area is 222 Å². The van der Waals surface area contributed by atoms with Crippen molar-refractivity contribution in [3.05, 3.63) is 123 Å². The van der Waals surface area contributed by atoms with Gasteiger partial charge in [0.05, 0.1) is 23.8 Å². The Hall–Kier alpha value is -4.69. The van der Waals surface area contributed by atoms with Crippen LogP contribution in [0.4, 0.5) is 5.82 Å². The minimum absolute atomic E-state index is 0.0611. The van der Waals surface area contributed by atoms with Crippen molar-refractivity contribution in [1.29, 1.82) is 0 Å². The molecule has 0 radical (unpaired) electrons. The molecule has 0 fully saturated rings.